The van der Waals surface area contributed by atoms with E-state index in [9.17, 15) is 15.2 Å². The third kappa shape index (κ3) is 3.80. The molecule has 2 aromatic rings. The molecule has 0 saturated carbocycles. The number of rotatable bonds is 6. The second-order valence-electron chi connectivity index (χ2n) is 4.93. The van der Waals surface area contributed by atoms with Crippen molar-refractivity contribution >= 4 is 22.0 Å². The molecule has 0 radical (unpaired) electrons. The zero-order chi connectivity index (χ0) is 15.4. The fourth-order valence-corrected chi connectivity index (χ4v) is 3.09. The van der Waals surface area contributed by atoms with Crippen molar-refractivity contribution in [3.05, 3.63) is 57.0 Å². The maximum absolute atomic E-state index is 11.1. The van der Waals surface area contributed by atoms with E-state index in [1.165, 1.54) is 23.0 Å². The Hall–Kier alpha value is -1.92. The minimum Gasteiger partial charge on any atom is -0.388 e. The molecule has 0 aliphatic rings. The molecule has 0 spiro atoms. The second kappa shape index (κ2) is 6.69. The summed E-state index contributed by atoms with van der Waals surface area (Å²) in [5, 5.41) is 21.3. The average molecular weight is 306 g/mol. The van der Waals surface area contributed by atoms with Gasteiger partial charge in [0.1, 0.15) is 0 Å². The van der Waals surface area contributed by atoms with Crippen molar-refractivity contribution in [2.24, 2.45) is 0 Å². The van der Waals surface area contributed by atoms with Crippen LogP contribution in [0.25, 0.3) is 0 Å². The van der Waals surface area contributed by atoms with Crippen molar-refractivity contribution in [3.63, 3.8) is 0 Å². The Bertz CT molecular complexity index is 611. The van der Waals surface area contributed by atoms with Gasteiger partial charge in [-0.2, -0.15) is 0 Å². The molecule has 1 heterocycles. The number of aliphatic hydroxyl groups is 1. The monoisotopic (exact) mass is 306 g/mol. The van der Waals surface area contributed by atoms with Gasteiger partial charge in [0, 0.05) is 24.5 Å². The van der Waals surface area contributed by atoms with Gasteiger partial charge in [-0.05, 0) is 18.9 Å². The predicted molar refractivity (Wildman–Crippen MR) is 85.0 cm³/mol. The van der Waals surface area contributed by atoms with Crippen LogP contribution in [0.1, 0.15) is 23.5 Å². The van der Waals surface area contributed by atoms with Gasteiger partial charge in [-0.15, -0.1) is 11.3 Å². The number of hydrogen-bond donors (Lipinski definition) is 1. The lowest BCUT2D eigenvalue weighted by molar-refractivity contribution is -0.383. The number of nitrogens with zero attached hydrogens (tertiary/aromatic N) is 2. The normalized spacial score (nSPS) is 12.1. The molecule has 6 heteroatoms. The molecule has 21 heavy (non-hydrogen) atoms. The van der Waals surface area contributed by atoms with Crippen molar-refractivity contribution in [3.8, 4) is 0 Å². The molecule has 1 atom stereocenters. The van der Waals surface area contributed by atoms with Gasteiger partial charge in [-0.3, -0.25) is 10.1 Å². The molecule has 1 N–H and O–H groups in total. The average Bonchev–Trinajstić information content (AvgIpc) is 2.91. The highest BCUT2D eigenvalue weighted by atomic mass is 32.1. The summed E-state index contributed by atoms with van der Waals surface area (Å²) in [5.74, 6) is 0. The standard InChI is InChI=1S/C15H18N2O3S/c1-11(18)14-10-13(17(19)20)15(21-14)16(2)9-8-12-6-4-3-5-7-12/h3-7,10-11,18H,8-9H2,1-2H3. The molecule has 0 amide bonds. The molecule has 0 aliphatic carbocycles. The molecular formula is C15H18N2O3S. The van der Waals surface area contributed by atoms with Crippen molar-refractivity contribution < 1.29 is 10.0 Å². The Morgan fingerprint density at radius 2 is 2.05 bits per heavy atom. The number of hydrogen-bond acceptors (Lipinski definition) is 5. The zero-order valence-corrected chi connectivity index (χ0v) is 12.8. The molecule has 1 aromatic carbocycles. The Kier molecular flexibility index (Phi) is 4.93. The summed E-state index contributed by atoms with van der Waals surface area (Å²) in [5.41, 5.74) is 1.26. The Labute approximate surface area is 127 Å². The molecule has 1 aromatic heterocycles. The smallest absolute Gasteiger partial charge is 0.304 e. The van der Waals surface area contributed by atoms with Crippen LogP contribution in [0.4, 0.5) is 10.7 Å². The molecule has 5 nitrogen and oxygen atoms in total. The molecule has 0 bridgehead atoms. The van der Waals surface area contributed by atoms with Gasteiger partial charge in [-0.25, -0.2) is 0 Å². The summed E-state index contributed by atoms with van der Waals surface area (Å²) in [6, 6.07) is 11.5. The van der Waals surface area contributed by atoms with Crippen LogP contribution >= 0.6 is 11.3 Å². The summed E-state index contributed by atoms with van der Waals surface area (Å²) < 4.78 is 0. The van der Waals surface area contributed by atoms with E-state index in [1.54, 1.807) is 6.92 Å². The van der Waals surface area contributed by atoms with Crippen LogP contribution in [0, 0.1) is 10.1 Å². The topological polar surface area (TPSA) is 66.6 Å². The van der Waals surface area contributed by atoms with Gasteiger partial charge in [0.15, 0.2) is 5.00 Å². The Morgan fingerprint density at radius 1 is 1.38 bits per heavy atom. The first-order valence-corrected chi connectivity index (χ1v) is 7.52. The first-order chi connectivity index (χ1) is 9.99. The van der Waals surface area contributed by atoms with Gasteiger partial charge in [-0.1, -0.05) is 30.3 Å². The predicted octanol–water partition coefficient (Wildman–Crippen LogP) is 3.39. The van der Waals surface area contributed by atoms with Crippen molar-refractivity contribution in [2.45, 2.75) is 19.4 Å². The highest BCUT2D eigenvalue weighted by Gasteiger charge is 2.23. The van der Waals surface area contributed by atoms with E-state index < -0.39 is 11.0 Å². The van der Waals surface area contributed by atoms with Gasteiger partial charge in [0.25, 0.3) is 0 Å². The van der Waals surface area contributed by atoms with Crippen LogP contribution in [-0.4, -0.2) is 23.6 Å². The summed E-state index contributed by atoms with van der Waals surface area (Å²) in [4.78, 5) is 13.2. The minimum atomic E-state index is -0.690. The maximum Gasteiger partial charge on any atom is 0.304 e. The fraction of sp³-hybridized carbons (Fsp3) is 0.333. The lowest BCUT2D eigenvalue weighted by Crippen LogP contribution is -2.20. The third-order valence-corrected chi connectivity index (χ3v) is 4.66. The van der Waals surface area contributed by atoms with E-state index in [0.717, 1.165) is 6.42 Å². The third-order valence-electron chi connectivity index (χ3n) is 3.25. The van der Waals surface area contributed by atoms with Gasteiger partial charge >= 0.3 is 5.69 Å². The number of nitro groups is 1. The largest absolute Gasteiger partial charge is 0.388 e. The van der Waals surface area contributed by atoms with E-state index in [0.29, 0.717) is 16.4 Å². The molecule has 0 aliphatic heterocycles. The molecular weight excluding hydrogens is 288 g/mol. The quantitative estimate of drug-likeness (QED) is 0.656. The van der Waals surface area contributed by atoms with E-state index in [1.807, 2.05) is 42.3 Å². The first-order valence-electron chi connectivity index (χ1n) is 6.70. The SMILES string of the molecule is CC(O)c1cc([N+](=O)[O-])c(N(C)CCc2ccccc2)s1. The summed E-state index contributed by atoms with van der Waals surface area (Å²) in [6.45, 7) is 2.30. The maximum atomic E-state index is 11.1. The number of thiophene rings is 1. The lowest BCUT2D eigenvalue weighted by Gasteiger charge is -2.16. The number of aliphatic hydroxyl groups excluding tert-OH is 1. The summed E-state index contributed by atoms with van der Waals surface area (Å²) in [6.07, 6.45) is 0.126. The summed E-state index contributed by atoms with van der Waals surface area (Å²) >= 11 is 1.27. The van der Waals surface area contributed by atoms with Gasteiger partial charge in [0.2, 0.25) is 0 Å². The van der Waals surface area contributed by atoms with E-state index >= 15 is 0 Å². The molecule has 0 fully saturated rings. The fourth-order valence-electron chi connectivity index (χ4n) is 2.04. The lowest BCUT2D eigenvalue weighted by atomic mass is 10.1. The number of anilines is 1. The van der Waals surface area contributed by atoms with Crippen molar-refractivity contribution in [1.82, 2.24) is 0 Å². The molecule has 1 unspecified atom stereocenters. The Balaban J connectivity index is 2.14. The minimum absolute atomic E-state index is 0.0615. The zero-order valence-electron chi connectivity index (χ0n) is 12.0. The van der Waals surface area contributed by atoms with Gasteiger partial charge in [0.05, 0.1) is 11.0 Å². The first kappa shape index (κ1) is 15.5. The highest BCUT2D eigenvalue weighted by Crippen LogP contribution is 2.39. The second-order valence-corrected chi connectivity index (χ2v) is 5.99. The van der Waals surface area contributed by atoms with E-state index in [2.05, 4.69) is 0 Å². The molecule has 2 rings (SSSR count). The van der Waals surface area contributed by atoms with Crippen molar-refractivity contribution in [2.75, 3.05) is 18.5 Å². The van der Waals surface area contributed by atoms with E-state index in [4.69, 9.17) is 0 Å². The molecule has 0 saturated heterocycles. The van der Waals surface area contributed by atoms with Crippen LogP contribution < -0.4 is 4.90 Å². The molecule has 112 valence electrons. The summed E-state index contributed by atoms with van der Waals surface area (Å²) in [7, 11) is 1.84. The Morgan fingerprint density at radius 3 is 2.62 bits per heavy atom. The van der Waals surface area contributed by atoms with Gasteiger partial charge < -0.3 is 10.0 Å². The number of likely N-dealkylation sites (N-methyl/N-ethyl adjacent to an activating group) is 1. The van der Waals surface area contributed by atoms with Crippen molar-refractivity contribution in [1.29, 1.82) is 0 Å². The van der Waals surface area contributed by atoms with Crippen LogP contribution in [-0.2, 0) is 6.42 Å². The van der Waals surface area contributed by atoms with Crippen LogP contribution in [0.2, 0.25) is 0 Å². The van der Waals surface area contributed by atoms with Crippen LogP contribution in [0.5, 0.6) is 0 Å². The van der Waals surface area contributed by atoms with Crippen LogP contribution in [0.3, 0.4) is 0 Å². The highest BCUT2D eigenvalue weighted by molar-refractivity contribution is 7.16. The van der Waals surface area contributed by atoms with E-state index in [-0.39, 0.29) is 5.69 Å². The van der Waals surface area contributed by atoms with Crippen LogP contribution in [0.15, 0.2) is 36.4 Å². The number of benzene rings is 1.